The number of carbonyl (C=O) groups is 2. The molecule has 2 aliphatic heterocycles. The van der Waals surface area contributed by atoms with Crippen LogP contribution >= 0.6 is 0 Å². The molecular formula is C21H33N3O3. The van der Waals surface area contributed by atoms with Gasteiger partial charge in [-0.2, -0.15) is 0 Å². The molecule has 0 aromatic heterocycles. The molecule has 0 spiro atoms. The van der Waals surface area contributed by atoms with Gasteiger partial charge in [0.05, 0.1) is 6.54 Å². The van der Waals surface area contributed by atoms with E-state index in [1.807, 2.05) is 4.90 Å². The Morgan fingerprint density at radius 3 is 2.33 bits per heavy atom. The number of likely N-dealkylation sites (tertiary alicyclic amines) is 1. The molecule has 3 rings (SSSR count). The normalized spacial score (nSPS) is 24.8. The van der Waals surface area contributed by atoms with Crippen LogP contribution in [0.2, 0.25) is 0 Å². The quantitative estimate of drug-likeness (QED) is 0.803. The number of carbonyl (C=O) groups excluding carboxylic acids is 1. The summed E-state index contributed by atoms with van der Waals surface area (Å²) in [5, 5.41) is 9.00. The number of piperidine rings is 1. The average molecular weight is 376 g/mol. The summed E-state index contributed by atoms with van der Waals surface area (Å²) in [5.74, 6) is 1.64. The van der Waals surface area contributed by atoms with Crippen LogP contribution in [0.5, 0.6) is 0 Å². The molecule has 0 aromatic carbocycles. The number of carboxylic acid groups (broad SMARTS) is 1. The summed E-state index contributed by atoms with van der Waals surface area (Å²) in [5.41, 5.74) is 1.38. The van der Waals surface area contributed by atoms with Crippen molar-refractivity contribution in [2.45, 2.75) is 39.0 Å². The van der Waals surface area contributed by atoms with E-state index in [-0.39, 0.29) is 5.91 Å². The number of allylic oxidation sites excluding steroid dienone is 4. The molecule has 150 valence electrons. The zero-order valence-corrected chi connectivity index (χ0v) is 16.5. The molecule has 1 atom stereocenters. The van der Waals surface area contributed by atoms with Gasteiger partial charge < -0.3 is 14.9 Å². The van der Waals surface area contributed by atoms with Crippen LogP contribution in [0.4, 0.5) is 4.79 Å². The van der Waals surface area contributed by atoms with Crippen molar-refractivity contribution < 1.29 is 14.7 Å². The fourth-order valence-electron chi connectivity index (χ4n) is 4.30. The summed E-state index contributed by atoms with van der Waals surface area (Å²) in [4.78, 5) is 29.0. The highest BCUT2D eigenvalue weighted by Crippen LogP contribution is 2.27. The highest BCUT2D eigenvalue weighted by atomic mass is 16.4. The van der Waals surface area contributed by atoms with Crippen LogP contribution in [0.1, 0.15) is 39.0 Å². The van der Waals surface area contributed by atoms with E-state index in [0.29, 0.717) is 38.6 Å². The molecule has 0 aromatic rings. The van der Waals surface area contributed by atoms with Crippen LogP contribution in [-0.2, 0) is 4.79 Å². The van der Waals surface area contributed by atoms with E-state index in [1.165, 1.54) is 29.7 Å². The van der Waals surface area contributed by atoms with Gasteiger partial charge in [0.2, 0.25) is 5.91 Å². The lowest BCUT2D eigenvalue weighted by Crippen LogP contribution is -2.52. The summed E-state index contributed by atoms with van der Waals surface area (Å²) < 4.78 is 0. The molecule has 1 aliphatic carbocycles. The number of rotatable bonds is 5. The molecule has 6 heteroatoms. The fraction of sp³-hybridized carbons (Fsp3) is 0.714. The number of nitrogens with zero attached hydrogens (tertiary/aromatic N) is 3. The molecular weight excluding hydrogens is 342 g/mol. The van der Waals surface area contributed by atoms with Crippen molar-refractivity contribution in [3.63, 3.8) is 0 Å². The maximum Gasteiger partial charge on any atom is 0.407 e. The molecule has 6 nitrogen and oxygen atoms in total. The van der Waals surface area contributed by atoms with Crippen molar-refractivity contribution in [3.8, 4) is 0 Å². The zero-order valence-electron chi connectivity index (χ0n) is 16.5. The Balaban J connectivity index is 1.32. The SMILES string of the molecule is CC1=CCC(CCC2CCN(C(=O)CN3CCN(C(=O)O)CC3)CC2)C=C1. The number of piperazine rings is 1. The molecule has 2 saturated heterocycles. The van der Waals surface area contributed by atoms with E-state index >= 15 is 0 Å². The third-order valence-electron chi connectivity index (χ3n) is 6.29. The smallest absolute Gasteiger partial charge is 0.407 e. The standard InChI is InChI=1S/C21H33N3O3/c1-17-2-4-18(5-3-17)6-7-19-8-10-23(11-9-19)20(25)16-22-12-14-24(15-13-22)21(26)27/h2-4,18-19H,5-16H2,1H3,(H,26,27). The van der Waals surface area contributed by atoms with Crippen LogP contribution in [-0.4, -0.2) is 77.6 Å². The first-order valence-corrected chi connectivity index (χ1v) is 10.3. The van der Waals surface area contributed by atoms with E-state index in [9.17, 15) is 9.59 Å². The maximum absolute atomic E-state index is 12.6. The summed E-state index contributed by atoms with van der Waals surface area (Å²) in [6, 6.07) is 0. The predicted octanol–water partition coefficient (Wildman–Crippen LogP) is 2.82. The molecule has 3 aliphatic rings. The van der Waals surface area contributed by atoms with Crippen molar-refractivity contribution in [2.24, 2.45) is 11.8 Å². The van der Waals surface area contributed by atoms with E-state index in [0.717, 1.165) is 31.8 Å². The second-order valence-electron chi connectivity index (χ2n) is 8.25. The largest absolute Gasteiger partial charge is 0.465 e. The van der Waals surface area contributed by atoms with E-state index in [1.54, 1.807) is 0 Å². The third kappa shape index (κ3) is 5.83. The molecule has 2 heterocycles. The van der Waals surface area contributed by atoms with Gasteiger partial charge in [0.1, 0.15) is 0 Å². The molecule has 0 bridgehead atoms. The summed E-state index contributed by atoms with van der Waals surface area (Å²) in [6.45, 7) is 6.62. The van der Waals surface area contributed by atoms with Crippen molar-refractivity contribution >= 4 is 12.0 Å². The van der Waals surface area contributed by atoms with Crippen molar-refractivity contribution in [3.05, 3.63) is 23.8 Å². The predicted molar refractivity (Wildman–Crippen MR) is 106 cm³/mol. The van der Waals surface area contributed by atoms with E-state index in [2.05, 4.69) is 30.1 Å². The molecule has 0 radical (unpaired) electrons. The second kappa shape index (κ2) is 9.40. The Kier molecular flexibility index (Phi) is 6.94. The minimum Gasteiger partial charge on any atom is -0.465 e. The Labute approximate surface area is 162 Å². The van der Waals surface area contributed by atoms with Gasteiger partial charge >= 0.3 is 6.09 Å². The lowest BCUT2D eigenvalue weighted by molar-refractivity contribution is -0.134. The van der Waals surface area contributed by atoms with E-state index < -0.39 is 6.09 Å². The van der Waals surface area contributed by atoms with Crippen molar-refractivity contribution in [2.75, 3.05) is 45.8 Å². The first-order valence-electron chi connectivity index (χ1n) is 10.3. The topological polar surface area (TPSA) is 64.1 Å². The van der Waals surface area contributed by atoms with E-state index in [4.69, 9.17) is 5.11 Å². The lowest BCUT2D eigenvalue weighted by Gasteiger charge is -2.36. The zero-order chi connectivity index (χ0) is 19.2. The Hall–Kier alpha value is -1.82. The van der Waals surface area contributed by atoms with Gasteiger partial charge in [-0.25, -0.2) is 4.79 Å². The summed E-state index contributed by atoms with van der Waals surface area (Å²) in [6.07, 6.45) is 12.0. The Morgan fingerprint density at radius 2 is 1.74 bits per heavy atom. The average Bonchev–Trinajstić information content (AvgIpc) is 2.68. The molecule has 0 saturated carbocycles. The minimum atomic E-state index is -0.863. The van der Waals surface area contributed by atoms with Crippen LogP contribution in [0.25, 0.3) is 0 Å². The Bertz CT molecular complexity index is 585. The third-order valence-corrected chi connectivity index (χ3v) is 6.29. The highest BCUT2D eigenvalue weighted by molar-refractivity contribution is 5.78. The monoisotopic (exact) mass is 375 g/mol. The lowest BCUT2D eigenvalue weighted by atomic mass is 9.86. The van der Waals surface area contributed by atoms with Gasteiger partial charge in [-0.1, -0.05) is 23.8 Å². The fourth-order valence-corrected chi connectivity index (χ4v) is 4.30. The molecule has 2 amide bonds. The molecule has 1 unspecified atom stereocenters. The van der Waals surface area contributed by atoms with Crippen molar-refractivity contribution in [1.82, 2.24) is 14.7 Å². The van der Waals surface area contributed by atoms with Crippen LogP contribution in [0.3, 0.4) is 0 Å². The van der Waals surface area contributed by atoms with Crippen molar-refractivity contribution in [1.29, 1.82) is 0 Å². The second-order valence-corrected chi connectivity index (χ2v) is 8.25. The maximum atomic E-state index is 12.6. The number of hydrogen-bond acceptors (Lipinski definition) is 3. The van der Waals surface area contributed by atoms with Crippen LogP contribution in [0, 0.1) is 11.8 Å². The molecule has 2 fully saturated rings. The van der Waals surface area contributed by atoms with Crippen LogP contribution in [0.15, 0.2) is 23.8 Å². The van der Waals surface area contributed by atoms with Gasteiger partial charge in [0, 0.05) is 39.3 Å². The first-order chi connectivity index (χ1) is 13.0. The van der Waals surface area contributed by atoms with Crippen LogP contribution < -0.4 is 0 Å². The number of amides is 2. The minimum absolute atomic E-state index is 0.202. The van der Waals surface area contributed by atoms with Gasteiger partial charge in [0.15, 0.2) is 0 Å². The highest BCUT2D eigenvalue weighted by Gasteiger charge is 2.26. The van der Waals surface area contributed by atoms with Gasteiger partial charge in [-0.15, -0.1) is 0 Å². The molecule has 27 heavy (non-hydrogen) atoms. The summed E-state index contributed by atoms with van der Waals surface area (Å²) >= 11 is 0. The summed E-state index contributed by atoms with van der Waals surface area (Å²) in [7, 11) is 0. The number of hydrogen-bond donors (Lipinski definition) is 1. The van der Waals surface area contributed by atoms with Gasteiger partial charge in [-0.3, -0.25) is 9.69 Å². The van der Waals surface area contributed by atoms with Gasteiger partial charge in [-0.05, 0) is 50.9 Å². The molecule has 1 N–H and O–H groups in total. The van der Waals surface area contributed by atoms with Gasteiger partial charge in [0.25, 0.3) is 0 Å². The Morgan fingerprint density at radius 1 is 1.04 bits per heavy atom. The first kappa shape index (κ1) is 19.9.